The van der Waals surface area contributed by atoms with E-state index in [1.54, 1.807) is 26.8 Å². The van der Waals surface area contributed by atoms with Gasteiger partial charge in [0.05, 0.1) is 5.69 Å². The lowest BCUT2D eigenvalue weighted by Gasteiger charge is -2.22. The van der Waals surface area contributed by atoms with Gasteiger partial charge in [-0.3, -0.25) is 4.79 Å². The van der Waals surface area contributed by atoms with Crippen LogP contribution in [-0.2, 0) is 14.9 Å². The summed E-state index contributed by atoms with van der Waals surface area (Å²) in [5.74, 6) is -2.35. The maximum atomic E-state index is 14.7. The Morgan fingerprint density at radius 1 is 1.33 bits per heavy atom. The molecule has 1 saturated carbocycles. The van der Waals surface area contributed by atoms with Crippen LogP contribution in [0.1, 0.15) is 45.6 Å². The van der Waals surface area contributed by atoms with Gasteiger partial charge in [0.1, 0.15) is 11.6 Å². The van der Waals surface area contributed by atoms with Crippen molar-refractivity contribution in [3.05, 3.63) is 29.3 Å². The molecule has 1 saturated heterocycles. The molecule has 0 unspecified atom stereocenters. The normalized spacial score (nSPS) is 21.3. The standard InChI is InChI=1S/C19H23F2IN2O3/c1-18(2,3)27-17(26)23-12-6-9-24(16(12)25)13-5-4-11(14(20)15(13)21)19(10-22)7-8-19/h4-5,12H,6-10H2,1-3H3,(H,23,26)/t12-/m1/s1. The van der Waals surface area contributed by atoms with Crippen LogP contribution in [0, 0.1) is 11.6 Å². The minimum Gasteiger partial charge on any atom is -0.444 e. The lowest BCUT2D eigenvalue weighted by Crippen LogP contribution is -2.44. The highest BCUT2D eigenvalue weighted by Gasteiger charge is 2.46. The highest BCUT2D eigenvalue weighted by molar-refractivity contribution is 14.1. The Balaban J connectivity index is 1.75. The number of alkyl halides is 1. The number of carbonyl (C=O) groups is 2. The van der Waals surface area contributed by atoms with Crippen molar-refractivity contribution in [1.29, 1.82) is 0 Å². The molecular formula is C19H23F2IN2O3. The Hall–Kier alpha value is -1.45. The van der Waals surface area contributed by atoms with Crippen molar-refractivity contribution in [2.45, 2.75) is 57.1 Å². The molecule has 1 aliphatic carbocycles. The number of anilines is 1. The summed E-state index contributed by atoms with van der Waals surface area (Å²) in [6, 6.07) is 2.24. The van der Waals surface area contributed by atoms with Gasteiger partial charge in [0, 0.05) is 16.4 Å². The number of amides is 2. The Morgan fingerprint density at radius 3 is 2.56 bits per heavy atom. The van der Waals surface area contributed by atoms with Crippen LogP contribution in [0.15, 0.2) is 12.1 Å². The van der Waals surface area contributed by atoms with Crippen LogP contribution in [0.4, 0.5) is 19.3 Å². The number of nitrogens with zero attached hydrogens (tertiary/aromatic N) is 1. The van der Waals surface area contributed by atoms with E-state index in [2.05, 4.69) is 27.9 Å². The molecule has 1 aromatic carbocycles. The van der Waals surface area contributed by atoms with E-state index in [9.17, 15) is 18.4 Å². The lowest BCUT2D eigenvalue weighted by atomic mass is 9.97. The van der Waals surface area contributed by atoms with E-state index in [0.717, 1.165) is 17.3 Å². The number of hydrogen-bond donors (Lipinski definition) is 1. The Bertz CT molecular complexity index is 775. The minimum absolute atomic E-state index is 0.0843. The molecule has 27 heavy (non-hydrogen) atoms. The third kappa shape index (κ3) is 4.05. The molecule has 3 rings (SSSR count). The molecule has 0 spiro atoms. The quantitative estimate of drug-likeness (QED) is 0.510. The van der Waals surface area contributed by atoms with Crippen molar-refractivity contribution < 1.29 is 23.1 Å². The molecule has 1 aliphatic heterocycles. The first-order valence-electron chi connectivity index (χ1n) is 8.93. The van der Waals surface area contributed by atoms with E-state index in [4.69, 9.17) is 4.74 Å². The highest BCUT2D eigenvalue weighted by Crippen LogP contribution is 2.51. The molecule has 2 fully saturated rings. The topological polar surface area (TPSA) is 58.6 Å². The van der Waals surface area contributed by atoms with Crippen LogP contribution in [0.3, 0.4) is 0 Å². The highest BCUT2D eigenvalue weighted by atomic mass is 127. The SMILES string of the molecule is CC(C)(C)OC(=O)N[C@@H]1CCN(c2ccc(C3(CI)CC3)c(F)c2F)C1=O. The van der Waals surface area contributed by atoms with Gasteiger partial charge in [0.25, 0.3) is 0 Å². The maximum Gasteiger partial charge on any atom is 0.408 e. The Labute approximate surface area is 171 Å². The third-order valence-corrected chi connectivity index (χ3v) is 6.39. The first-order valence-corrected chi connectivity index (χ1v) is 10.5. The van der Waals surface area contributed by atoms with Gasteiger partial charge in [0.15, 0.2) is 11.6 Å². The van der Waals surface area contributed by atoms with Crippen LogP contribution in [0.5, 0.6) is 0 Å². The molecule has 2 aliphatic rings. The van der Waals surface area contributed by atoms with Gasteiger partial charge in [-0.05, 0) is 51.7 Å². The lowest BCUT2D eigenvalue weighted by molar-refractivity contribution is -0.118. The van der Waals surface area contributed by atoms with Crippen LogP contribution in [0.2, 0.25) is 0 Å². The zero-order valence-corrected chi connectivity index (χ0v) is 17.7. The number of halogens is 3. The summed E-state index contributed by atoms with van der Waals surface area (Å²) in [5.41, 5.74) is -0.666. The molecule has 0 bridgehead atoms. The molecule has 2 amide bonds. The molecular weight excluding hydrogens is 469 g/mol. The van der Waals surface area contributed by atoms with Crippen molar-refractivity contribution in [2.75, 3.05) is 15.9 Å². The van der Waals surface area contributed by atoms with Crippen molar-refractivity contribution in [2.24, 2.45) is 0 Å². The van der Waals surface area contributed by atoms with Crippen LogP contribution in [0.25, 0.3) is 0 Å². The van der Waals surface area contributed by atoms with Gasteiger partial charge in [-0.1, -0.05) is 28.7 Å². The molecule has 1 heterocycles. The van der Waals surface area contributed by atoms with Crippen LogP contribution < -0.4 is 10.2 Å². The predicted molar refractivity (Wildman–Crippen MR) is 106 cm³/mol. The summed E-state index contributed by atoms with van der Waals surface area (Å²) in [4.78, 5) is 25.7. The maximum absolute atomic E-state index is 14.7. The fourth-order valence-electron chi connectivity index (χ4n) is 3.29. The average Bonchev–Trinajstić information content (AvgIpc) is 3.29. The number of carbonyl (C=O) groups excluding carboxylic acids is 2. The van der Waals surface area contributed by atoms with Gasteiger partial charge >= 0.3 is 6.09 Å². The molecule has 1 N–H and O–H groups in total. The first kappa shape index (κ1) is 20.3. The van der Waals surface area contributed by atoms with Gasteiger partial charge in [-0.2, -0.15) is 0 Å². The fraction of sp³-hybridized carbons (Fsp3) is 0.579. The van der Waals surface area contributed by atoms with E-state index in [1.165, 1.54) is 11.0 Å². The van der Waals surface area contributed by atoms with Crippen molar-refractivity contribution >= 4 is 40.3 Å². The average molecular weight is 492 g/mol. The fourth-order valence-corrected chi connectivity index (χ4v) is 4.46. The van der Waals surface area contributed by atoms with E-state index in [0.29, 0.717) is 12.0 Å². The molecule has 5 nitrogen and oxygen atoms in total. The number of nitrogens with one attached hydrogen (secondary N) is 1. The minimum atomic E-state index is -1.00. The number of benzene rings is 1. The molecule has 8 heteroatoms. The van der Waals surface area contributed by atoms with Gasteiger partial charge in [-0.15, -0.1) is 0 Å². The Kier molecular flexibility index (Phi) is 5.39. The summed E-state index contributed by atoms with van der Waals surface area (Å²) in [6.07, 6.45) is 1.28. The number of hydrogen-bond acceptors (Lipinski definition) is 3. The summed E-state index contributed by atoms with van der Waals surface area (Å²) < 4.78 is 35.2. The van der Waals surface area contributed by atoms with Gasteiger partial charge in [0.2, 0.25) is 5.91 Å². The van der Waals surface area contributed by atoms with E-state index < -0.39 is 35.3 Å². The summed E-state index contributed by atoms with van der Waals surface area (Å²) in [7, 11) is 0. The second-order valence-electron chi connectivity index (χ2n) is 8.15. The molecule has 1 atom stereocenters. The largest absolute Gasteiger partial charge is 0.444 e. The summed E-state index contributed by atoms with van der Waals surface area (Å²) in [6.45, 7) is 5.36. The smallest absolute Gasteiger partial charge is 0.408 e. The van der Waals surface area contributed by atoms with Crippen LogP contribution >= 0.6 is 22.6 Å². The summed E-state index contributed by atoms with van der Waals surface area (Å²) >= 11 is 2.19. The third-order valence-electron chi connectivity index (χ3n) is 4.93. The van der Waals surface area contributed by atoms with Crippen molar-refractivity contribution in [3.8, 4) is 0 Å². The first-order chi connectivity index (χ1) is 12.6. The van der Waals surface area contributed by atoms with Crippen molar-refractivity contribution in [1.82, 2.24) is 5.32 Å². The van der Waals surface area contributed by atoms with E-state index in [-0.39, 0.29) is 17.6 Å². The number of rotatable bonds is 4. The monoisotopic (exact) mass is 492 g/mol. The predicted octanol–water partition coefficient (Wildman–Crippen LogP) is 4.06. The summed E-state index contributed by atoms with van der Waals surface area (Å²) in [5, 5.41) is 2.50. The Morgan fingerprint density at radius 2 is 2.00 bits per heavy atom. The van der Waals surface area contributed by atoms with E-state index >= 15 is 0 Å². The second-order valence-corrected chi connectivity index (χ2v) is 8.91. The zero-order valence-electron chi connectivity index (χ0n) is 15.6. The van der Waals surface area contributed by atoms with Gasteiger partial charge < -0.3 is 15.0 Å². The second kappa shape index (κ2) is 7.18. The zero-order chi connectivity index (χ0) is 20.0. The molecule has 0 radical (unpaired) electrons. The molecule has 0 aromatic heterocycles. The van der Waals surface area contributed by atoms with Crippen molar-refractivity contribution in [3.63, 3.8) is 0 Å². The molecule has 1 aromatic rings. The number of ether oxygens (including phenoxy) is 1. The molecule has 148 valence electrons. The van der Waals surface area contributed by atoms with Crippen LogP contribution in [-0.4, -0.2) is 34.6 Å². The van der Waals surface area contributed by atoms with E-state index in [1.807, 2.05) is 0 Å². The van der Waals surface area contributed by atoms with Gasteiger partial charge in [-0.25, -0.2) is 13.6 Å². The number of alkyl carbamates (subject to hydrolysis) is 1.